The molecular weight excluding hydrogens is 428 g/mol. The minimum atomic E-state index is -3.52. The number of aromatic hydroxyl groups is 1. The Morgan fingerprint density at radius 3 is 1.84 bits per heavy atom. The molecule has 0 saturated carbocycles. The summed E-state index contributed by atoms with van der Waals surface area (Å²) in [5, 5.41) is 9.39. The van der Waals surface area contributed by atoms with Crippen molar-refractivity contribution in [2.75, 3.05) is 0 Å². The number of sulfone groups is 1. The molecule has 1 heterocycles. The maximum atomic E-state index is 13.1. The Kier molecular flexibility index (Phi) is 4.96. The van der Waals surface area contributed by atoms with Gasteiger partial charge in [-0.1, -0.05) is 36.4 Å². The van der Waals surface area contributed by atoms with Crippen molar-refractivity contribution in [3.05, 3.63) is 103 Å². The quantitative estimate of drug-likeness (QED) is 0.352. The van der Waals surface area contributed by atoms with Gasteiger partial charge in [0.05, 0.1) is 9.79 Å². The van der Waals surface area contributed by atoms with Crippen molar-refractivity contribution < 1.29 is 18.3 Å². The number of phenols is 1. The highest BCUT2D eigenvalue weighted by atomic mass is 32.2. The monoisotopic (exact) mass is 448 g/mol. The van der Waals surface area contributed by atoms with Crippen molar-refractivity contribution in [3.63, 3.8) is 0 Å². The maximum Gasteiger partial charge on any atom is 0.208 e. The molecule has 4 nitrogen and oxygen atoms in total. The van der Waals surface area contributed by atoms with Gasteiger partial charge in [-0.25, -0.2) is 8.42 Å². The molecule has 4 aromatic rings. The second kappa shape index (κ2) is 7.80. The van der Waals surface area contributed by atoms with Crippen LogP contribution in [0, 0.1) is 0 Å². The number of fused-ring (bicyclic) bond motifs is 2. The zero-order valence-corrected chi connectivity index (χ0v) is 18.2. The summed E-state index contributed by atoms with van der Waals surface area (Å²) in [4.78, 5) is 3.57. The van der Waals surface area contributed by atoms with Gasteiger partial charge in [0, 0.05) is 9.79 Å². The van der Waals surface area contributed by atoms with Crippen LogP contribution in [0.1, 0.15) is 5.56 Å². The fraction of sp³-hybridized carbons (Fsp3) is 0.0400. The number of rotatable bonds is 4. The molecule has 5 rings (SSSR count). The summed E-state index contributed by atoms with van der Waals surface area (Å²) in [6.45, 7) is 0.401. The molecule has 0 bridgehead atoms. The molecule has 1 N–H and O–H groups in total. The van der Waals surface area contributed by atoms with Crippen molar-refractivity contribution >= 4 is 20.7 Å². The number of thiol groups is 1. The molecule has 1 aliphatic heterocycles. The van der Waals surface area contributed by atoms with E-state index in [1.165, 1.54) is 0 Å². The second-order valence-electron chi connectivity index (χ2n) is 7.22. The van der Waals surface area contributed by atoms with E-state index in [2.05, 4.69) is 0 Å². The van der Waals surface area contributed by atoms with Crippen molar-refractivity contribution in [2.45, 2.75) is 31.1 Å². The van der Waals surface area contributed by atoms with E-state index in [0.717, 1.165) is 26.0 Å². The Morgan fingerprint density at radius 2 is 1.26 bits per heavy atom. The molecule has 6 heteroatoms. The Bertz CT molecular complexity index is 1290. The molecule has 0 aliphatic carbocycles. The van der Waals surface area contributed by atoms with Gasteiger partial charge in [-0.3, -0.25) is 0 Å². The average molecular weight is 449 g/mol. The van der Waals surface area contributed by atoms with E-state index in [0.29, 0.717) is 16.4 Å². The van der Waals surface area contributed by atoms with Crippen LogP contribution in [0.2, 0.25) is 0 Å². The molecule has 1 aliphatic rings. The second-order valence-corrected chi connectivity index (χ2v) is 11.3. The largest absolute Gasteiger partial charge is 0.508 e. The zero-order valence-electron chi connectivity index (χ0n) is 16.5. The summed E-state index contributed by atoms with van der Waals surface area (Å²) in [7, 11) is -4.51. The third kappa shape index (κ3) is 3.58. The molecule has 4 aromatic carbocycles. The van der Waals surface area contributed by atoms with Crippen molar-refractivity contribution in [1.82, 2.24) is 0 Å². The van der Waals surface area contributed by atoms with Crippen LogP contribution in [0.15, 0.2) is 122 Å². The number of hydrogen-bond donors (Lipinski definition) is 2. The lowest BCUT2D eigenvalue weighted by Crippen LogP contribution is -2.12. The highest BCUT2D eigenvalue weighted by Crippen LogP contribution is 2.59. The Labute approximate surface area is 184 Å². The Balaban J connectivity index is 1.48. The molecule has 0 unspecified atom stereocenters. The van der Waals surface area contributed by atoms with E-state index in [-0.39, 0.29) is 5.75 Å². The molecule has 0 fully saturated rings. The molecular formula is C25H20O4S2. The van der Waals surface area contributed by atoms with Crippen LogP contribution in [0.4, 0.5) is 0 Å². The van der Waals surface area contributed by atoms with Gasteiger partial charge in [-0.15, -0.1) is 0 Å². The van der Waals surface area contributed by atoms with Gasteiger partial charge in [0.15, 0.2) is 0 Å². The fourth-order valence-electron chi connectivity index (χ4n) is 3.71. The van der Waals surface area contributed by atoms with E-state index < -0.39 is 20.7 Å². The summed E-state index contributed by atoms with van der Waals surface area (Å²) < 4.78 is 32.2. The SMILES string of the molecule is O=S1(=O)c2ccccc2[SH](c2ccc(OCc3ccc(O)cc3)cc2)c2ccccc21. The number of phenolic OH excluding ortho intramolecular Hbond substituents is 1. The first-order valence-corrected chi connectivity index (χ1v) is 12.6. The Morgan fingerprint density at radius 1 is 0.710 bits per heavy atom. The van der Waals surface area contributed by atoms with Gasteiger partial charge in [-0.05, 0) is 71.1 Å². The first-order chi connectivity index (χ1) is 15.0. The first kappa shape index (κ1) is 19.7. The third-order valence-corrected chi connectivity index (χ3v) is 9.96. The van der Waals surface area contributed by atoms with Crippen LogP contribution < -0.4 is 4.74 Å². The lowest BCUT2D eigenvalue weighted by Gasteiger charge is -2.31. The zero-order chi connectivity index (χ0) is 21.4. The van der Waals surface area contributed by atoms with E-state index in [1.54, 1.807) is 36.4 Å². The van der Waals surface area contributed by atoms with Crippen LogP contribution in [-0.2, 0) is 16.4 Å². The summed E-state index contributed by atoms with van der Waals surface area (Å²) in [6.07, 6.45) is 0. The molecule has 31 heavy (non-hydrogen) atoms. The topological polar surface area (TPSA) is 63.6 Å². The summed E-state index contributed by atoms with van der Waals surface area (Å²) in [5.74, 6) is 0.962. The van der Waals surface area contributed by atoms with E-state index in [9.17, 15) is 13.5 Å². The predicted octanol–water partition coefficient (Wildman–Crippen LogP) is 5.60. The molecule has 0 atom stereocenters. The summed E-state index contributed by atoms with van der Waals surface area (Å²) in [6, 6.07) is 29.4. The Hall–Kier alpha value is -3.22. The van der Waals surface area contributed by atoms with Crippen molar-refractivity contribution in [1.29, 1.82) is 0 Å². The van der Waals surface area contributed by atoms with Gasteiger partial charge < -0.3 is 9.84 Å². The van der Waals surface area contributed by atoms with Crippen molar-refractivity contribution in [2.24, 2.45) is 0 Å². The first-order valence-electron chi connectivity index (χ1n) is 9.78. The third-order valence-electron chi connectivity index (χ3n) is 5.23. The molecule has 0 amide bonds. The average Bonchev–Trinajstić information content (AvgIpc) is 2.80. The molecule has 0 spiro atoms. The van der Waals surface area contributed by atoms with Crippen molar-refractivity contribution in [3.8, 4) is 11.5 Å². The fourth-order valence-corrected chi connectivity index (χ4v) is 8.75. The van der Waals surface area contributed by atoms with E-state index in [1.807, 2.05) is 60.7 Å². The van der Waals surface area contributed by atoms with E-state index in [4.69, 9.17) is 4.74 Å². The van der Waals surface area contributed by atoms with Crippen LogP contribution >= 0.6 is 10.9 Å². The number of hydrogen-bond acceptors (Lipinski definition) is 4. The highest BCUT2D eigenvalue weighted by molar-refractivity contribution is 8.18. The lowest BCUT2D eigenvalue weighted by atomic mass is 10.2. The molecule has 0 saturated heterocycles. The van der Waals surface area contributed by atoms with Gasteiger partial charge in [-0.2, -0.15) is 10.9 Å². The standard InChI is InChI=1S/C25H20O4S2/c26-19-11-9-18(10-12-19)17-29-20-13-15-21(16-14-20)30-22-5-1-3-7-24(22)31(27,28)25-8-4-2-6-23(25)30/h1-16,26,30H,17H2. The molecule has 0 radical (unpaired) electrons. The predicted molar refractivity (Wildman–Crippen MR) is 121 cm³/mol. The van der Waals surface area contributed by atoms with E-state index >= 15 is 0 Å². The number of benzene rings is 4. The minimum absolute atomic E-state index is 0.227. The summed E-state index contributed by atoms with van der Waals surface area (Å²) in [5.41, 5.74) is 0.964. The van der Waals surface area contributed by atoms with Gasteiger partial charge in [0.1, 0.15) is 18.1 Å². The normalized spacial score (nSPS) is 15.0. The van der Waals surface area contributed by atoms with Crippen LogP contribution in [0.5, 0.6) is 11.5 Å². The smallest absolute Gasteiger partial charge is 0.208 e. The highest BCUT2D eigenvalue weighted by Gasteiger charge is 2.34. The lowest BCUT2D eigenvalue weighted by molar-refractivity contribution is 0.306. The minimum Gasteiger partial charge on any atom is -0.508 e. The van der Waals surface area contributed by atoms with Gasteiger partial charge in [0.25, 0.3) is 0 Å². The van der Waals surface area contributed by atoms with Gasteiger partial charge in [0.2, 0.25) is 9.84 Å². The van der Waals surface area contributed by atoms with Crippen LogP contribution in [0.25, 0.3) is 0 Å². The molecule has 156 valence electrons. The summed E-state index contributed by atoms with van der Waals surface area (Å²) >= 11 is 0. The number of ether oxygens (including phenoxy) is 1. The van der Waals surface area contributed by atoms with Crippen LogP contribution in [-0.4, -0.2) is 13.5 Å². The van der Waals surface area contributed by atoms with Crippen LogP contribution in [0.3, 0.4) is 0 Å². The van der Waals surface area contributed by atoms with Gasteiger partial charge >= 0.3 is 0 Å². The maximum absolute atomic E-state index is 13.1. The molecule has 0 aromatic heterocycles.